The first-order valence-corrected chi connectivity index (χ1v) is 28.3. The monoisotopic (exact) mass is 1110 g/mol. The van der Waals surface area contributed by atoms with Crippen LogP contribution >= 0.6 is 0 Å². The summed E-state index contributed by atoms with van der Waals surface area (Å²) in [5.41, 5.74) is 6.72. The molecular formula is C71H68O12. The van der Waals surface area contributed by atoms with E-state index in [-0.39, 0.29) is 5.41 Å². The molecule has 12 nitrogen and oxygen atoms in total. The second-order valence-electron chi connectivity index (χ2n) is 22.5. The Bertz CT molecular complexity index is 3130. The summed E-state index contributed by atoms with van der Waals surface area (Å²) in [6, 6.07) is 59.5. The normalized spacial score (nSPS) is 15.0. The van der Waals surface area contributed by atoms with Crippen molar-refractivity contribution >= 4 is 24.6 Å². The smallest absolute Gasteiger partial charge is 0.395 e. The van der Waals surface area contributed by atoms with Gasteiger partial charge in [0.1, 0.15) is 46.0 Å². The van der Waals surface area contributed by atoms with E-state index in [1.807, 2.05) is 76.2 Å². The molecule has 12 heteroatoms. The molecule has 0 amide bonds. The lowest BCUT2D eigenvalue weighted by Crippen LogP contribution is -2.43. The molecule has 0 aliphatic heterocycles. The lowest BCUT2D eigenvalue weighted by Gasteiger charge is -2.52. The van der Waals surface area contributed by atoms with Gasteiger partial charge >= 0.3 is 24.6 Å². The predicted molar refractivity (Wildman–Crippen MR) is 316 cm³/mol. The van der Waals surface area contributed by atoms with Gasteiger partial charge in [0, 0.05) is 10.8 Å². The Morgan fingerprint density at radius 1 is 0.325 bits per heavy atom. The molecule has 424 valence electrons. The number of benzene rings is 8. The molecule has 0 saturated heterocycles. The Kier molecular flexibility index (Phi) is 17.1. The molecule has 0 bridgehead atoms. The maximum atomic E-state index is 13.0. The van der Waals surface area contributed by atoms with Crippen molar-refractivity contribution in [2.45, 2.75) is 104 Å². The maximum Gasteiger partial charge on any atom is 0.519 e. The van der Waals surface area contributed by atoms with Gasteiger partial charge in [-0.3, -0.25) is 0 Å². The summed E-state index contributed by atoms with van der Waals surface area (Å²) in [6.45, 7) is 12.7. The van der Waals surface area contributed by atoms with Crippen molar-refractivity contribution in [3.8, 4) is 46.0 Å². The van der Waals surface area contributed by atoms with Crippen LogP contribution < -0.4 is 37.9 Å². The van der Waals surface area contributed by atoms with Gasteiger partial charge in [-0.1, -0.05) is 135 Å². The van der Waals surface area contributed by atoms with Crippen LogP contribution in [0, 0.1) is 44.9 Å². The van der Waals surface area contributed by atoms with Crippen LogP contribution in [-0.4, -0.2) is 24.6 Å². The van der Waals surface area contributed by atoms with Crippen LogP contribution in [0.15, 0.2) is 194 Å². The van der Waals surface area contributed by atoms with Gasteiger partial charge < -0.3 is 37.9 Å². The van der Waals surface area contributed by atoms with E-state index in [9.17, 15) is 19.2 Å². The maximum absolute atomic E-state index is 13.0. The summed E-state index contributed by atoms with van der Waals surface area (Å²) in [4.78, 5) is 51.9. The highest BCUT2D eigenvalue weighted by atomic mass is 16.7. The van der Waals surface area contributed by atoms with Crippen molar-refractivity contribution in [3.05, 3.63) is 239 Å². The van der Waals surface area contributed by atoms with Gasteiger partial charge in [-0.05, 0) is 214 Å². The first-order chi connectivity index (χ1) is 40.1. The fourth-order valence-electron chi connectivity index (χ4n) is 12.6. The molecule has 0 radical (unpaired) electrons. The second-order valence-corrected chi connectivity index (χ2v) is 22.5. The van der Waals surface area contributed by atoms with Gasteiger partial charge in [-0.25, -0.2) is 19.2 Å². The third-order valence-corrected chi connectivity index (χ3v) is 17.2. The minimum absolute atomic E-state index is 0.0444. The van der Waals surface area contributed by atoms with E-state index >= 15 is 0 Å². The first kappa shape index (κ1) is 57.1. The van der Waals surface area contributed by atoms with E-state index in [1.165, 1.54) is 0 Å². The summed E-state index contributed by atoms with van der Waals surface area (Å²) in [5, 5.41) is 0. The van der Waals surface area contributed by atoms with E-state index in [0.29, 0.717) is 57.8 Å². The third kappa shape index (κ3) is 13.1. The Morgan fingerprint density at radius 2 is 0.542 bits per heavy atom. The fourth-order valence-corrected chi connectivity index (χ4v) is 12.6. The van der Waals surface area contributed by atoms with Crippen LogP contribution in [0.3, 0.4) is 0 Å². The highest BCUT2D eigenvalue weighted by Gasteiger charge is 2.48. The van der Waals surface area contributed by atoms with Crippen molar-refractivity contribution in [3.63, 3.8) is 0 Å². The Balaban J connectivity index is 0.898. The van der Waals surface area contributed by atoms with Crippen molar-refractivity contribution in [2.24, 2.45) is 17.3 Å². The Morgan fingerprint density at radius 3 is 0.747 bits per heavy atom. The minimum Gasteiger partial charge on any atom is -0.395 e. The number of carbonyl (C=O) groups is 4. The van der Waals surface area contributed by atoms with Gasteiger partial charge in [0.05, 0.1) is 0 Å². The molecule has 10 rings (SSSR count). The molecule has 2 aliphatic carbocycles. The van der Waals surface area contributed by atoms with E-state index in [0.717, 1.165) is 95.9 Å². The van der Waals surface area contributed by atoms with E-state index in [2.05, 4.69) is 62.4 Å². The molecule has 8 aromatic carbocycles. The summed E-state index contributed by atoms with van der Waals surface area (Å²) >= 11 is 0. The lowest BCUT2D eigenvalue weighted by atomic mass is 9.53. The van der Waals surface area contributed by atoms with Crippen LogP contribution in [0.5, 0.6) is 46.0 Å². The highest BCUT2D eigenvalue weighted by molar-refractivity contribution is 5.70. The number of rotatable bonds is 14. The van der Waals surface area contributed by atoms with Crippen molar-refractivity contribution in [2.75, 3.05) is 0 Å². The topological polar surface area (TPSA) is 142 Å². The van der Waals surface area contributed by atoms with Crippen LogP contribution in [0.1, 0.15) is 110 Å². The predicted octanol–water partition coefficient (Wildman–Crippen LogP) is 17.9. The molecule has 0 unspecified atom stereocenters. The van der Waals surface area contributed by atoms with Crippen LogP contribution in [-0.2, 0) is 10.8 Å². The van der Waals surface area contributed by atoms with Gasteiger partial charge in [-0.2, -0.15) is 0 Å². The minimum atomic E-state index is -0.816. The fraction of sp³-hybridized carbons (Fsp3) is 0.268. The van der Waals surface area contributed by atoms with Crippen LogP contribution in [0.25, 0.3) is 0 Å². The molecule has 2 aliphatic rings. The molecule has 83 heavy (non-hydrogen) atoms. The summed E-state index contributed by atoms with van der Waals surface area (Å²) in [7, 11) is 0. The average Bonchev–Trinajstić information content (AvgIpc) is 2.96. The van der Waals surface area contributed by atoms with E-state index in [4.69, 9.17) is 37.9 Å². The third-order valence-electron chi connectivity index (χ3n) is 17.2. The van der Waals surface area contributed by atoms with E-state index in [1.54, 1.807) is 97.1 Å². The quantitative estimate of drug-likeness (QED) is 0.0755. The van der Waals surface area contributed by atoms with Crippen molar-refractivity contribution < 1.29 is 57.1 Å². The standard InChI is InChI=1S/C71H68O12/c1-47-43-53(27-31-61(47)80-65(72)76-57-19-11-7-12-20-57)70(54-28-32-62(48(2)44-54)81-66(73)77-58-21-13-8-14-22-58)39-35-51(36-40-70)69(5,6)52-37-41-71(42-38-52,55-29-33-63(49(3)45-55)82-67(74)78-59-23-15-9-16-24-59)56-30-34-64(50(4)46-56)83-68(75)79-60-25-17-10-18-26-60/h7-34,43-46,51-52H,35-42H2,1-6H3. The molecule has 2 fully saturated rings. The average molecular weight is 1110 g/mol. The van der Waals surface area contributed by atoms with Crippen LogP contribution in [0.2, 0.25) is 0 Å². The number of carbonyl (C=O) groups excluding carboxylic acids is 4. The second kappa shape index (κ2) is 24.9. The van der Waals surface area contributed by atoms with Crippen molar-refractivity contribution in [1.29, 1.82) is 0 Å². The number of ether oxygens (including phenoxy) is 8. The molecule has 2 saturated carbocycles. The number of aryl methyl sites for hydroxylation is 4. The SMILES string of the molecule is Cc1cc(C2(c3ccc(OC(=O)Oc4ccccc4)c(C)c3)CCC(C(C)(C)C3CCC(c4ccc(OC(=O)Oc5ccccc5)c(C)c4)(c4ccc(OC(=O)Oc5ccccc5)c(C)c4)CC3)CC2)ccc1OC(=O)Oc1ccccc1. The zero-order valence-electron chi connectivity index (χ0n) is 47.7. The Labute approximate surface area is 485 Å². The summed E-state index contributed by atoms with van der Waals surface area (Å²) in [5.74, 6) is 4.01. The molecular weight excluding hydrogens is 1040 g/mol. The Hall–Kier alpha value is -9.16. The van der Waals surface area contributed by atoms with Gasteiger partial charge in [0.15, 0.2) is 0 Å². The summed E-state index contributed by atoms with van der Waals surface area (Å²) in [6.07, 6.45) is 3.95. The highest BCUT2D eigenvalue weighted by Crippen LogP contribution is 2.58. The van der Waals surface area contributed by atoms with Gasteiger partial charge in [-0.15, -0.1) is 0 Å². The van der Waals surface area contributed by atoms with Crippen molar-refractivity contribution in [1.82, 2.24) is 0 Å². The molecule has 0 spiro atoms. The number of hydrogen-bond acceptors (Lipinski definition) is 12. The number of para-hydroxylation sites is 4. The zero-order valence-corrected chi connectivity index (χ0v) is 47.7. The number of hydrogen-bond donors (Lipinski definition) is 0. The molecule has 0 aromatic heterocycles. The van der Waals surface area contributed by atoms with E-state index < -0.39 is 35.5 Å². The molecule has 0 N–H and O–H groups in total. The lowest BCUT2D eigenvalue weighted by molar-refractivity contribution is 0.0364. The molecule has 8 aromatic rings. The van der Waals surface area contributed by atoms with Crippen LogP contribution in [0.4, 0.5) is 19.2 Å². The van der Waals surface area contributed by atoms with Gasteiger partial charge in [0.2, 0.25) is 0 Å². The zero-order chi connectivity index (χ0) is 58.1. The molecule has 0 atom stereocenters. The molecule has 0 heterocycles. The summed E-state index contributed by atoms with van der Waals surface area (Å²) < 4.78 is 44.9. The largest absolute Gasteiger partial charge is 0.519 e. The first-order valence-electron chi connectivity index (χ1n) is 28.3. The van der Waals surface area contributed by atoms with Gasteiger partial charge in [0.25, 0.3) is 0 Å².